The van der Waals surface area contributed by atoms with Crippen molar-refractivity contribution >= 4 is 11.8 Å². The van der Waals surface area contributed by atoms with Gasteiger partial charge in [0.2, 0.25) is 5.91 Å². The van der Waals surface area contributed by atoms with Gasteiger partial charge in [-0.1, -0.05) is 0 Å². The predicted molar refractivity (Wildman–Crippen MR) is 34.2 cm³/mol. The first-order valence-corrected chi connectivity index (χ1v) is 3.15. The third-order valence-corrected chi connectivity index (χ3v) is 0.956. The predicted octanol–water partition coefficient (Wildman–Crippen LogP) is -0.580. The van der Waals surface area contributed by atoms with Crippen LogP contribution in [-0.2, 0) is 14.4 Å². The van der Waals surface area contributed by atoms with E-state index in [0.717, 1.165) is 5.48 Å². The number of alkyl halides is 4. The molecule has 0 radical (unpaired) electrons. The fourth-order valence-corrected chi connectivity index (χ4v) is 0.340. The number of carbonyl (C=O) groups is 2. The molecule has 0 aromatic rings. The summed E-state index contributed by atoms with van der Waals surface area (Å²) in [7, 11) is 0. The quantitative estimate of drug-likeness (QED) is 0.478. The molecule has 9 heteroatoms. The Kier molecular flexibility index (Phi) is 4.28. The Morgan fingerprint density at radius 3 is 2.29 bits per heavy atom. The highest BCUT2D eigenvalue weighted by atomic mass is 19.3. The Morgan fingerprint density at radius 1 is 1.43 bits per heavy atom. The molecule has 14 heavy (non-hydrogen) atoms. The van der Waals surface area contributed by atoms with Crippen LogP contribution in [0, 0.1) is 0 Å². The number of amides is 2. The first-order valence-electron chi connectivity index (χ1n) is 3.15. The zero-order valence-corrected chi connectivity index (χ0v) is 6.60. The minimum Gasteiger partial charge on any atom is -0.368 e. The fourth-order valence-electron chi connectivity index (χ4n) is 0.340. The first kappa shape index (κ1) is 12.6. The molecule has 0 heterocycles. The van der Waals surface area contributed by atoms with Gasteiger partial charge in [0.05, 0.1) is 0 Å². The zero-order chi connectivity index (χ0) is 11.4. The molecule has 5 nitrogen and oxygen atoms in total. The van der Waals surface area contributed by atoms with Gasteiger partial charge in [-0.15, -0.1) is 0 Å². The van der Waals surface area contributed by atoms with E-state index in [0.29, 0.717) is 0 Å². The number of hydrogen-bond acceptors (Lipinski definition) is 3. The van der Waals surface area contributed by atoms with E-state index in [9.17, 15) is 27.2 Å². The smallest absolute Gasteiger partial charge is 0.368 e. The van der Waals surface area contributed by atoms with Gasteiger partial charge in [-0.25, -0.2) is 14.3 Å². The second kappa shape index (κ2) is 4.74. The van der Waals surface area contributed by atoms with E-state index >= 15 is 0 Å². The second-order valence-electron chi connectivity index (χ2n) is 2.11. The van der Waals surface area contributed by atoms with E-state index in [4.69, 9.17) is 0 Å². The summed E-state index contributed by atoms with van der Waals surface area (Å²) in [5.41, 5.74) is 5.46. The van der Waals surface area contributed by atoms with Crippen molar-refractivity contribution < 1.29 is 32.0 Å². The molecule has 0 unspecified atom stereocenters. The zero-order valence-electron chi connectivity index (χ0n) is 6.60. The summed E-state index contributed by atoms with van der Waals surface area (Å²) >= 11 is 0. The molecule has 2 amide bonds. The van der Waals surface area contributed by atoms with Crippen molar-refractivity contribution in [2.24, 2.45) is 5.73 Å². The summed E-state index contributed by atoms with van der Waals surface area (Å²) in [5, 5.41) is 0. The highest BCUT2D eigenvalue weighted by Crippen LogP contribution is 2.22. The van der Waals surface area contributed by atoms with Crippen LogP contribution in [0.25, 0.3) is 0 Å². The van der Waals surface area contributed by atoms with Crippen LogP contribution in [0.15, 0.2) is 0 Å². The van der Waals surface area contributed by atoms with Crippen LogP contribution in [0.2, 0.25) is 0 Å². The molecule has 3 N–H and O–H groups in total. The number of carbonyl (C=O) groups excluding carboxylic acids is 2. The van der Waals surface area contributed by atoms with E-state index in [1.54, 1.807) is 0 Å². The molecule has 0 aromatic heterocycles. The molecule has 0 saturated carbocycles. The molecule has 0 aliphatic rings. The van der Waals surface area contributed by atoms with Crippen molar-refractivity contribution in [2.75, 3.05) is 6.61 Å². The van der Waals surface area contributed by atoms with Gasteiger partial charge in [0.1, 0.15) is 0 Å². The van der Waals surface area contributed by atoms with E-state index < -0.39 is 30.8 Å². The molecule has 0 spiro atoms. The van der Waals surface area contributed by atoms with E-state index in [2.05, 4.69) is 10.6 Å². The summed E-state index contributed by atoms with van der Waals surface area (Å²) in [6.07, 6.45) is -4.15. The number of rotatable bonds is 5. The molecule has 0 aliphatic carbocycles. The fraction of sp³-hybridized carbons (Fsp3) is 0.600. The molecular formula is C5H6F4N2O3. The van der Waals surface area contributed by atoms with Gasteiger partial charge < -0.3 is 5.73 Å². The Hall–Kier alpha value is -1.38. The largest absolute Gasteiger partial charge is 0.385 e. The maximum Gasteiger partial charge on any atom is 0.385 e. The molecule has 0 aromatic carbocycles. The normalized spacial score (nSPS) is 11.5. The van der Waals surface area contributed by atoms with Crippen molar-refractivity contribution in [3.63, 3.8) is 0 Å². The number of hydrogen-bond donors (Lipinski definition) is 2. The molecule has 0 saturated heterocycles. The van der Waals surface area contributed by atoms with E-state index in [-0.39, 0.29) is 0 Å². The summed E-state index contributed by atoms with van der Waals surface area (Å²) in [4.78, 5) is 24.1. The Balaban J connectivity index is 4.02. The van der Waals surface area contributed by atoms with Gasteiger partial charge in [-0.05, 0) is 0 Å². The Labute approximate surface area is 75.1 Å². The van der Waals surface area contributed by atoms with Crippen LogP contribution in [0.3, 0.4) is 0 Å². The third kappa shape index (κ3) is 3.56. The summed E-state index contributed by atoms with van der Waals surface area (Å²) in [5.74, 6) is -8.25. The van der Waals surface area contributed by atoms with Gasteiger partial charge in [0, 0.05) is 0 Å². The van der Waals surface area contributed by atoms with Crippen LogP contribution in [0.5, 0.6) is 0 Å². The number of halogens is 4. The summed E-state index contributed by atoms with van der Waals surface area (Å²) < 4.78 is 47.2. The lowest BCUT2D eigenvalue weighted by molar-refractivity contribution is -0.181. The minimum absolute atomic E-state index is 0.884. The minimum atomic E-state index is -4.86. The number of nitrogens with two attached hydrogens (primary N) is 1. The highest BCUT2D eigenvalue weighted by molar-refractivity contribution is 5.83. The highest BCUT2D eigenvalue weighted by Gasteiger charge is 2.49. The van der Waals surface area contributed by atoms with Crippen LogP contribution in [-0.4, -0.2) is 30.8 Å². The van der Waals surface area contributed by atoms with Crippen molar-refractivity contribution in [3.05, 3.63) is 0 Å². The summed E-state index contributed by atoms with van der Waals surface area (Å²) in [6, 6.07) is 0. The third-order valence-electron chi connectivity index (χ3n) is 0.956. The van der Waals surface area contributed by atoms with Gasteiger partial charge in [0.25, 0.3) is 0 Å². The molecule has 0 fully saturated rings. The molecule has 0 atom stereocenters. The average molecular weight is 218 g/mol. The van der Waals surface area contributed by atoms with E-state index in [1.807, 2.05) is 0 Å². The second-order valence-corrected chi connectivity index (χ2v) is 2.11. The number of nitrogens with one attached hydrogen (secondary N) is 1. The van der Waals surface area contributed by atoms with Crippen molar-refractivity contribution in [1.29, 1.82) is 0 Å². The van der Waals surface area contributed by atoms with Crippen molar-refractivity contribution in [1.82, 2.24) is 5.48 Å². The standard InChI is InChI=1S/C5H6F4N2O3/c6-3(7)5(8,9)4(13)11-14-1-2(10)12/h3H,1H2,(H2,10,12)(H,11,13). The summed E-state index contributed by atoms with van der Waals surface area (Å²) in [6.45, 7) is -0.884. The van der Waals surface area contributed by atoms with Crippen LogP contribution in [0.1, 0.15) is 0 Å². The molecule has 0 bridgehead atoms. The first-order chi connectivity index (χ1) is 6.28. The van der Waals surface area contributed by atoms with Gasteiger partial charge >= 0.3 is 18.3 Å². The SMILES string of the molecule is NC(=O)CONC(=O)C(F)(F)C(F)F. The maximum absolute atomic E-state index is 12.1. The topological polar surface area (TPSA) is 81.4 Å². The average Bonchev–Trinajstić information content (AvgIpc) is 2.02. The lowest BCUT2D eigenvalue weighted by atomic mass is 10.3. The van der Waals surface area contributed by atoms with Crippen LogP contribution < -0.4 is 11.2 Å². The van der Waals surface area contributed by atoms with E-state index in [1.165, 1.54) is 0 Å². The van der Waals surface area contributed by atoms with Gasteiger partial charge in [-0.3, -0.25) is 14.4 Å². The lowest BCUT2D eigenvalue weighted by Crippen LogP contribution is -2.45. The van der Waals surface area contributed by atoms with Crippen molar-refractivity contribution in [2.45, 2.75) is 12.3 Å². The van der Waals surface area contributed by atoms with Gasteiger partial charge in [0.15, 0.2) is 6.61 Å². The number of hydroxylamine groups is 1. The number of primary amides is 1. The molecule has 0 aliphatic heterocycles. The maximum atomic E-state index is 12.1. The Bertz CT molecular complexity index is 233. The van der Waals surface area contributed by atoms with Crippen molar-refractivity contribution in [3.8, 4) is 0 Å². The molecule has 82 valence electrons. The molecular weight excluding hydrogens is 212 g/mol. The van der Waals surface area contributed by atoms with Crippen LogP contribution >= 0.6 is 0 Å². The Morgan fingerprint density at radius 2 is 1.93 bits per heavy atom. The van der Waals surface area contributed by atoms with Gasteiger partial charge in [-0.2, -0.15) is 8.78 Å². The van der Waals surface area contributed by atoms with Crippen LogP contribution in [0.4, 0.5) is 17.6 Å². The lowest BCUT2D eigenvalue weighted by Gasteiger charge is -2.13. The molecule has 0 rings (SSSR count). The monoisotopic (exact) mass is 218 g/mol.